The fraction of sp³-hybridized carbons (Fsp3) is 0.182. The van der Waals surface area contributed by atoms with Gasteiger partial charge in [-0.2, -0.15) is 0 Å². The quantitative estimate of drug-likeness (QED) is 0.593. The molecule has 0 saturated heterocycles. The summed E-state index contributed by atoms with van der Waals surface area (Å²) in [5, 5.41) is 7.44. The monoisotopic (exact) mass is 394 g/mol. The number of benzene rings is 3. The van der Waals surface area contributed by atoms with Gasteiger partial charge in [0.2, 0.25) is 0 Å². The number of nitrogens with one attached hydrogen (secondary N) is 2. The summed E-state index contributed by atoms with van der Waals surface area (Å²) in [5.74, 6) is 0.558. The highest BCUT2D eigenvalue weighted by atomic mass is 16.5. The first kappa shape index (κ1) is 20.0. The first-order chi connectivity index (χ1) is 14.0. The van der Waals surface area contributed by atoms with Crippen LogP contribution in [0.15, 0.2) is 54.6 Å². The maximum atomic E-state index is 12.5. The van der Waals surface area contributed by atoms with E-state index in [1.807, 2.05) is 37.3 Å². The molecule has 0 aliphatic carbocycles. The Morgan fingerprint density at radius 3 is 2.45 bits per heavy atom. The number of anilines is 2. The number of hydrogen-bond donors (Lipinski definition) is 2. The molecule has 150 valence electrons. The Labute approximate surface area is 168 Å². The van der Waals surface area contributed by atoms with E-state index >= 15 is 0 Å². The molecule has 0 spiro atoms. The standard InChI is InChI=1S/C22H22N2O5/c1-4-29-20-12-15(21(25)28-3)9-10-18(20)24-22(26)23-16-11-14-7-5-6-8-17(14)19(13-16)27-2/h5-13H,4H2,1-3H3,(H2,23,24,26). The molecule has 29 heavy (non-hydrogen) atoms. The number of methoxy groups -OCH3 is 2. The van der Waals surface area contributed by atoms with E-state index in [4.69, 9.17) is 14.2 Å². The largest absolute Gasteiger partial charge is 0.496 e. The summed E-state index contributed by atoms with van der Waals surface area (Å²) in [5.41, 5.74) is 1.35. The number of urea groups is 1. The Hall–Kier alpha value is -3.74. The topological polar surface area (TPSA) is 85.9 Å². The summed E-state index contributed by atoms with van der Waals surface area (Å²) in [6, 6.07) is 15.6. The van der Waals surface area contributed by atoms with E-state index in [2.05, 4.69) is 10.6 Å². The number of carbonyl (C=O) groups is 2. The van der Waals surface area contributed by atoms with Crippen LogP contribution in [0.2, 0.25) is 0 Å². The Morgan fingerprint density at radius 2 is 1.72 bits per heavy atom. The minimum absolute atomic E-state index is 0.334. The molecule has 7 heteroatoms. The van der Waals surface area contributed by atoms with Crippen molar-refractivity contribution in [3.63, 3.8) is 0 Å². The molecule has 0 fully saturated rings. The first-order valence-electron chi connectivity index (χ1n) is 9.05. The summed E-state index contributed by atoms with van der Waals surface area (Å²) in [6.45, 7) is 2.19. The van der Waals surface area contributed by atoms with Crippen LogP contribution in [0.4, 0.5) is 16.2 Å². The molecule has 0 radical (unpaired) electrons. The van der Waals surface area contributed by atoms with Gasteiger partial charge in [0.1, 0.15) is 11.5 Å². The third-order valence-corrected chi connectivity index (χ3v) is 4.25. The number of hydrogen-bond acceptors (Lipinski definition) is 5. The molecular formula is C22H22N2O5. The van der Waals surface area contributed by atoms with Crippen molar-refractivity contribution in [3.8, 4) is 11.5 Å². The van der Waals surface area contributed by atoms with Crippen molar-refractivity contribution in [1.29, 1.82) is 0 Å². The Bertz CT molecular complexity index is 1050. The van der Waals surface area contributed by atoms with Gasteiger partial charge in [-0.3, -0.25) is 0 Å². The van der Waals surface area contributed by atoms with E-state index in [0.29, 0.717) is 35.0 Å². The fourth-order valence-corrected chi connectivity index (χ4v) is 2.95. The zero-order valence-electron chi connectivity index (χ0n) is 16.4. The molecule has 7 nitrogen and oxygen atoms in total. The molecule has 0 unspecified atom stereocenters. The van der Waals surface area contributed by atoms with Crippen LogP contribution in [0.3, 0.4) is 0 Å². The van der Waals surface area contributed by atoms with E-state index in [1.165, 1.54) is 13.2 Å². The Balaban J connectivity index is 1.82. The third kappa shape index (κ3) is 4.57. The molecule has 0 aliphatic heterocycles. The summed E-state index contributed by atoms with van der Waals surface area (Å²) in [7, 11) is 2.89. The molecule has 3 rings (SSSR count). The van der Waals surface area contributed by atoms with Crippen molar-refractivity contribution in [2.45, 2.75) is 6.92 Å². The van der Waals surface area contributed by atoms with Gasteiger partial charge in [0.25, 0.3) is 0 Å². The molecule has 2 N–H and O–H groups in total. The number of carbonyl (C=O) groups excluding carboxylic acids is 2. The van der Waals surface area contributed by atoms with E-state index in [1.54, 1.807) is 25.3 Å². The normalized spacial score (nSPS) is 10.3. The Kier molecular flexibility index (Phi) is 6.19. The summed E-state index contributed by atoms with van der Waals surface area (Å²) < 4.78 is 15.7. The van der Waals surface area contributed by atoms with Gasteiger partial charge in [0.05, 0.1) is 32.1 Å². The molecule has 0 heterocycles. The highest BCUT2D eigenvalue weighted by Crippen LogP contribution is 2.30. The second-order valence-corrected chi connectivity index (χ2v) is 6.11. The lowest BCUT2D eigenvalue weighted by Gasteiger charge is -2.14. The Morgan fingerprint density at radius 1 is 0.931 bits per heavy atom. The second kappa shape index (κ2) is 8.97. The predicted molar refractivity (Wildman–Crippen MR) is 112 cm³/mol. The molecule has 0 bridgehead atoms. The van der Waals surface area contributed by atoms with Gasteiger partial charge in [-0.1, -0.05) is 24.3 Å². The van der Waals surface area contributed by atoms with Gasteiger partial charge < -0.3 is 24.8 Å². The van der Waals surface area contributed by atoms with Crippen LogP contribution in [-0.4, -0.2) is 32.8 Å². The summed E-state index contributed by atoms with van der Waals surface area (Å²) >= 11 is 0. The van der Waals surface area contributed by atoms with Crippen molar-refractivity contribution in [3.05, 3.63) is 60.2 Å². The average molecular weight is 394 g/mol. The van der Waals surface area contributed by atoms with Crippen LogP contribution in [0.25, 0.3) is 10.8 Å². The van der Waals surface area contributed by atoms with Crippen molar-refractivity contribution >= 4 is 34.1 Å². The van der Waals surface area contributed by atoms with E-state index < -0.39 is 12.0 Å². The maximum Gasteiger partial charge on any atom is 0.337 e. The molecule has 2 amide bonds. The van der Waals surface area contributed by atoms with Crippen LogP contribution in [0.1, 0.15) is 17.3 Å². The van der Waals surface area contributed by atoms with Gasteiger partial charge in [0.15, 0.2) is 0 Å². The predicted octanol–water partition coefficient (Wildman–Crippen LogP) is 4.68. The lowest BCUT2D eigenvalue weighted by Crippen LogP contribution is -2.20. The molecule has 0 atom stereocenters. The molecule has 3 aromatic rings. The van der Waals surface area contributed by atoms with Gasteiger partial charge in [-0.25, -0.2) is 9.59 Å². The minimum Gasteiger partial charge on any atom is -0.496 e. The highest BCUT2D eigenvalue weighted by Gasteiger charge is 2.14. The van der Waals surface area contributed by atoms with Crippen molar-refractivity contribution < 1.29 is 23.8 Å². The molecule has 0 aromatic heterocycles. The van der Waals surface area contributed by atoms with Gasteiger partial charge in [-0.05, 0) is 36.6 Å². The lowest BCUT2D eigenvalue weighted by molar-refractivity contribution is 0.0600. The fourth-order valence-electron chi connectivity index (χ4n) is 2.95. The van der Waals surface area contributed by atoms with Gasteiger partial charge in [0, 0.05) is 17.1 Å². The van der Waals surface area contributed by atoms with Crippen LogP contribution in [0, 0.1) is 0 Å². The van der Waals surface area contributed by atoms with Gasteiger partial charge in [-0.15, -0.1) is 0 Å². The maximum absolute atomic E-state index is 12.5. The minimum atomic E-state index is -0.481. The van der Waals surface area contributed by atoms with Crippen LogP contribution in [0.5, 0.6) is 11.5 Å². The number of fused-ring (bicyclic) bond motifs is 1. The van der Waals surface area contributed by atoms with Crippen LogP contribution >= 0.6 is 0 Å². The molecular weight excluding hydrogens is 372 g/mol. The second-order valence-electron chi connectivity index (χ2n) is 6.11. The first-order valence-corrected chi connectivity index (χ1v) is 9.05. The summed E-state index contributed by atoms with van der Waals surface area (Å²) in [4.78, 5) is 24.3. The van der Waals surface area contributed by atoms with Crippen LogP contribution in [-0.2, 0) is 4.74 Å². The van der Waals surface area contributed by atoms with Gasteiger partial charge >= 0.3 is 12.0 Å². The van der Waals surface area contributed by atoms with E-state index in [-0.39, 0.29) is 0 Å². The number of ether oxygens (including phenoxy) is 3. The number of amides is 2. The van der Waals surface area contributed by atoms with Crippen LogP contribution < -0.4 is 20.1 Å². The third-order valence-electron chi connectivity index (χ3n) is 4.25. The van der Waals surface area contributed by atoms with E-state index in [9.17, 15) is 9.59 Å². The number of esters is 1. The van der Waals surface area contributed by atoms with Crippen molar-refractivity contribution in [1.82, 2.24) is 0 Å². The smallest absolute Gasteiger partial charge is 0.337 e. The molecule has 3 aromatic carbocycles. The average Bonchev–Trinajstić information content (AvgIpc) is 2.73. The van der Waals surface area contributed by atoms with Crippen molar-refractivity contribution in [2.24, 2.45) is 0 Å². The zero-order valence-corrected chi connectivity index (χ0v) is 16.4. The summed E-state index contributed by atoms with van der Waals surface area (Å²) in [6.07, 6.45) is 0. The highest BCUT2D eigenvalue weighted by molar-refractivity contribution is 6.03. The molecule has 0 saturated carbocycles. The zero-order chi connectivity index (χ0) is 20.8. The van der Waals surface area contributed by atoms with Crippen molar-refractivity contribution in [2.75, 3.05) is 31.5 Å². The van der Waals surface area contributed by atoms with E-state index in [0.717, 1.165) is 10.8 Å². The lowest BCUT2D eigenvalue weighted by atomic mass is 10.1. The SMILES string of the molecule is CCOc1cc(C(=O)OC)ccc1NC(=O)Nc1cc(OC)c2ccccc2c1. The number of rotatable bonds is 6. The molecule has 0 aliphatic rings.